The Bertz CT molecular complexity index is 656. The van der Waals surface area contributed by atoms with Crippen LogP contribution in [-0.4, -0.2) is 18.2 Å². The Kier molecular flexibility index (Phi) is 3.80. The average Bonchev–Trinajstić information content (AvgIpc) is 2.75. The number of rotatable bonds is 3. The summed E-state index contributed by atoms with van der Waals surface area (Å²) >= 11 is 0. The summed E-state index contributed by atoms with van der Waals surface area (Å²) in [5.41, 5.74) is -0.0860. The average molecular weight is 293 g/mol. The summed E-state index contributed by atoms with van der Waals surface area (Å²) in [6, 6.07) is 9.54. The molecule has 112 valence electrons. The summed E-state index contributed by atoms with van der Waals surface area (Å²) < 4.78 is 0. The molecule has 1 saturated heterocycles. The largest absolute Gasteiger partial charge is 0.312 e. The number of hydrogen-bond donors (Lipinski definition) is 0. The fourth-order valence-electron chi connectivity index (χ4n) is 3.03. The third-order valence-electron chi connectivity index (χ3n) is 4.44. The van der Waals surface area contributed by atoms with Gasteiger partial charge in [-0.1, -0.05) is 54.7 Å². The lowest BCUT2D eigenvalue weighted by atomic mass is 9.78. The number of ketones is 1. The number of Topliss-reactive ketones (excluding diaryl/α,β-unsaturated/α-hetero) is 1. The van der Waals surface area contributed by atoms with Gasteiger partial charge in [-0.15, -0.1) is 0 Å². The Morgan fingerprint density at radius 3 is 2.36 bits per heavy atom. The van der Waals surface area contributed by atoms with Crippen molar-refractivity contribution in [2.45, 2.75) is 13.3 Å². The molecule has 0 N–H and O–H groups in total. The van der Waals surface area contributed by atoms with Gasteiger partial charge in [-0.2, -0.15) is 0 Å². The highest BCUT2D eigenvalue weighted by Gasteiger charge is 2.49. The summed E-state index contributed by atoms with van der Waals surface area (Å²) in [6.45, 7) is 2.37. The molecule has 1 heterocycles. The van der Waals surface area contributed by atoms with Crippen molar-refractivity contribution in [2.75, 3.05) is 11.4 Å². The van der Waals surface area contributed by atoms with E-state index < -0.39 is 5.41 Å². The highest BCUT2D eigenvalue weighted by atomic mass is 16.2. The van der Waals surface area contributed by atoms with E-state index in [1.54, 1.807) is 11.8 Å². The lowest BCUT2D eigenvalue weighted by Gasteiger charge is -2.24. The molecule has 1 aromatic rings. The van der Waals surface area contributed by atoms with Gasteiger partial charge in [-0.3, -0.25) is 9.59 Å². The van der Waals surface area contributed by atoms with Crippen molar-refractivity contribution in [3.63, 3.8) is 0 Å². The molecule has 1 unspecified atom stereocenters. The molecule has 1 amide bonds. The van der Waals surface area contributed by atoms with Crippen LogP contribution in [0, 0.1) is 11.3 Å². The van der Waals surface area contributed by atoms with Crippen LogP contribution in [0.5, 0.6) is 0 Å². The van der Waals surface area contributed by atoms with Gasteiger partial charge < -0.3 is 4.90 Å². The van der Waals surface area contributed by atoms with Crippen LogP contribution in [0.25, 0.3) is 0 Å². The molecule has 1 aromatic carbocycles. The lowest BCUT2D eigenvalue weighted by Crippen LogP contribution is -2.40. The van der Waals surface area contributed by atoms with Gasteiger partial charge in [0.25, 0.3) is 0 Å². The van der Waals surface area contributed by atoms with Crippen LogP contribution in [0.2, 0.25) is 0 Å². The summed E-state index contributed by atoms with van der Waals surface area (Å²) in [7, 11) is 0. The van der Waals surface area contributed by atoms with Crippen molar-refractivity contribution in [3.05, 3.63) is 66.8 Å². The molecule has 22 heavy (non-hydrogen) atoms. The summed E-state index contributed by atoms with van der Waals surface area (Å²) in [4.78, 5) is 27.4. The van der Waals surface area contributed by atoms with Gasteiger partial charge in [-0.25, -0.2) is 0 Å². The number of allylic oxidation sites excluding steroid dienone is 6. The summed E-state index contributed by atoms with van der Waals surface area (Å²) in [5, 5.41) is 0. The van der Waals surface area contributed by atoms with Gasteiger partial charge >= 0.3 is 0 Å². The molecule has 0 bridgehead atoms. The summed E-state index contributed by atoms with van der Waals surface area (Å²) in [6.07, 6.45) is 11.8. The van der Waals surface area contributed by atoms with Crippen molar-refractivity contribution in [1.29, 1.82) is 0 Å². The minimum Gasteiger partial charge on any atom is -0.312 e. The second kappa shape index (κ2) is 5.76. The van der Waals surface area contributed by atoms with Gasteiger partial charge in [0, 0.05) is 12.2 Å². The maximum Gasteiger partial charge on any atom is 0.240 e. The van der Waals surface area contributed by atoms with E-state index in [1.807, 2.05) is 66.8 Å². The zero-order valence-corrected chi connectivity index (χ0v) is 12.6. The molecule has 2 aliphatic rings. The molecule has 1 aliphatic carbocycles. The fourth-order valence-corrected chi connectivity index (χ4v) is 3.03. The molecule has 1 aliphatic heterocycles. The Morgan fingerprint density at radius 1 is 1.09 bits per heavy atom. The Morgan fingerprint density at radius 2 is 1.73 bits per heavy atom. The molecule has 3 rings (SSSR count). The van der Waals surface area contributed by atoms with Gasteiger partial charge in [0.15, 0.2) is 5.78 Å². The van der Waals surface area contributed by atoms with Crippen LogP contribution in [0.15, 0.2) is 66.8 Å². The zero-order valence-electron chi connectivity index (χ0n) is 12.6. The van der Waals surface area contributed by atoms with Crippen LogP contribution >= 0.6 is 0 Å². The van der Waals surface area contributed by atoms with Crippen molar-refractivity contribution in [2.24, 2.45) is 11.3 Å². The predicted octanol–water partition coefficient (Wildman–Crippen LogP) is 3.30. The van der Waals surface area contributed by atoms with Crippen molar-refractivity contribution < 1.29 is 9.59 Å². The van der Waals surface area contributed by atoms with Gasteiger partial charge in [-0.05, 0) is 25.5 Å². The van der Waals surface area contributed by atoms with E-state index in [-0.39, 0.29) is 17.6 Å². The third kappa shape index (κ3) is 2.43. The second-order valence-electron chi connectivity index (χ2n) is 5.92. The number of carbonyl (C=O) groups excluding carboxylic acids is 2. The maximum absolute atomic E-state index is 12.9. The lowest BCUT2D eigenvalue weighted by molar-refractivity contribution is -0.138. The molecule has 1 atom stereocenters. The number of benzene rings is 1. The number of para-hydroxylation sites is 1. The Hall–Kier alpha value is -2.42. The molecule has 3 nitrogen and oxygen atoms in total. The number of anilines is 1. The SMILES string of the molecule is CC1(C(=O)C2C=CC=CC=C2)CCN(c2ccccc2)C1=O. The third-order valence-corrected chi connectivity index (χ3v) is 4.44. The zero-order chi connectivity index (χ0) is 15.6. The molecule has 0 aromatic heterocycles. The first-order chi connectivity index (χ1) is 10.6. The minimum absolute atomic E-state index is 0.0212. The molecule has 0 saturated carbocycles. The van der Waals surface area contributed by atoms with Crippen molar-refractivity contribution in [1.82, 2.24) is 0 Å². The second-order valence-corrected chi connectivity index (χ2v) is 5.92. The predicted molar refractivity (Wildman–Crippen MR) is 87.4 cm³/mol. The van der Waals surface area contributed by atoms with E-state index in [9.17, 15) is 9.59 Å². The Balaban J connectivity index is 1.85. The van der Waals surface area contributed by atoms with Gasteiger partial charge in [0.05, 0.1) is 5.92 Å². The van der Waals surface area contributed by atoms with E-state index in [0.717, 1.165) is 5.69 Å². The fraction of sp³-hybridized carbons (Fsp3) is 0.263. The van der Waals surface area contributed by atoms with Crippen molar-refractivity contribution in [3.8, 4) is 0 Å². The van der Waals surface area contributed by atoms with Gasteiger partial charge in [0.1, 0.15) is 5.41 Å². The van der Waals surface area contributed by atoms with E-state index in [0.29, 0.717) is 13.0 Å². The molecule has 3 heteroatoms. The monoisotopic (exact) mass is 293 g/mol. The normalized spacial score (nSPS) is 24.8. The molecule has 1 fully saturated rings. The van der Waals surface area contributed by atoms with E-state index >= 15 is 0 Å². The van der Waals surface area contributed by atoms with Crippen molar-refractivity contribution >= 4 is 17.4 Å². The first kappa shape index (κ1) is 14.5. The highest BCUT2D eigenvalue weighted by Crippen LogP contribution is 2.38. The molecule has 0 radical (unpaired) electrons. The number of hydrogen-bond acceptors (Lipinski definition) is 2. The van der Waals surface area contributed by atoms with E-state index in [2.05, 4.69) is 0 Å². The number of carbonyl (C=O) groups is 2. The topological polar surface area (TPSA) is 37.4 Å². The maximum atomic E-state index is 12.9. The van der Waals surface area contributed by atoms with E-state index in [4.69, 9.17) is 0 Å². The first-order valence-corrected chi connectivity index (χ1v) is 7.56. The smallest absolute Gasteiger partial charge is 0.240 e. The molecular weight excluding hydrogens is 274 g/mol. The highest BCUT2D eigenvalue weighted by molar-refractivity contribution is 6.15. The van der Waals surface area contributed by atoms with Crippen LogP contribution in [0.4, 0.5) is 5.69 Å². The Labute approximate surface area is 130 Å². The van der Waals surface area contributed by atoms with E-state index in [1.165, 1.54) is 0 Å². The van der Waals surface area contributed by atoms with Crippen LogP contribution in [0.1, 0.15) is 13.3 Å². The number of nitrogens with zero attached hydrogens (tertiary/aromatic N) is 1. The minimum atomic E-state index is -0.945. The summed E-state index contributed by atoms with van der Waals surface area (Å²) in [5.74, 6) is -0.450. The molecular formula is C19H19NO2. The standard InChI is InChI=1S/C19H19NO2/c1-19(17(21)15-9-5-2-3-6-10-15)13-14-20(18(19)22)16-11-7-4-8-12-16/h2-12,15H,13-14H2,1H3. The van der Waals surface area contributed by atoms with Gasteiger partial charge in [0.2, 0.25) is 5.91 Å². The first-order valence-electron chi connectivity index (χ1n) is 7.56. The molecule has 0 spiro atoms. The number of amides is 1. The van der Waals surface area contributed by atoms with Crippen LogP contribution < -0.4 is 4.90 Å². The quantitative estimate of drug-likeness (QED) is 0.802. The van der Waals surface area contributed by atoms with Crippen LogP contribution in [0.3, 0.4) is 0 Å². The van der Waals surface area contributed by atoms with Crippen LogP contribution in [-0.2, 0) is 9.59 Å².